The molecule has 0 unspecified atom stereocenters. The van der Waals surface area contributed by atoms with Crippen molar-refractivity contribution in [3.63, 3.8) is 0 Å². The second kappa shape index (κ2) is 15.2. The summed E-state index contributed by atoms with van der Waals surface area (Å²) in [5.74, 6) is -0.957. The van der Waals surface area contributed by atoms with Gasteiger partial charge in [0, 0.05) is 34.6 Å². The number of hydrogen-bond donors (Lipinski definition) is 1. The summed E-state index contributed by atoms with van der Waals surface area (Å²) in [6.07, 6.45) is 0.874. The number of anilines is 1. The van der Waals surface area contributed by atoms with Gasteiger partial charge in [-0.25, -0.2) is 8.42 Å². The van der Waals surface area contributed by atoms with E-state index < -0.39 is 28.5 Å². The van der Waals surface area contributed by atoms with Crippen LogP contribution in [0.15, 0.2) is 114 Å². The van der Waals surface area contributed by atoms with Gasteiger partial charge in [0.1, 0.15) is 12.6 Å². The lowest BCUT2D eigenvalue weighted by Gasteiger charge is -2.34. The maximum absolute atomic E-state index is 14.5. The second-order valence-electron chi connectivity index (χ2n) is 10.4. The fourth-order valence-electron chi connectivity index (χ4n) is 4.69. The molecular formula is C34H35Cl2N3O4S. The van der Waals surface area contributed by atoms with E-state index >= 15 is 0 Å². The van der Waals surface area contributed by atoms with E-state index in [0.29, 0.717) is 27.7 Å². The number of amides is 2. The van der Waals surface area contributed by atoms with Crippen LogP contribution in [0.25, 0.3) is 0 Å². The Morgan fingerprint density at radius 1 is 0.795 bits per heavy atom. The summed E-state index contributed by atoms with van der Waals surface area (Å²) in [5, 5.41) is 3.66. The lowest BCUT2D eigenvalue weighted by atomic mass is 10.0. The summed E-state index contributed by atoms with van der Waals surface area (Å²) in [5.41, 5.74) is 1.59. The van der Waals surface area contributed by atoms with E-state index in [1.165, 1.54) is 17.0 Å². The number of para-hydroxylation sites is 1. The third-order valence-corrected chi connectivity index (χ3v) is 9.81. The number of benzene rings is 4. The molecule has 0 saturated carbocycles. The molecule has 4 rings (SSSR count). The van der Waals surface area contributed by atoms with Gasteiger partial charge in [0.05, 0.1) is 10.6 Å². The van der Waals surface area contributed by atoms with Crippen molar-refractivity contribution in [1.82, 2.24) is 10.2 Å². The van der Waals surface area contributed by atoms with Crippen molar-refractivity contribution in [3.05, 3.63) is 130 Å². The van der Waals surface area contributed by atoms with Gasteiger partial charge < -0.3 is 10.2 Å². The molecule has 4 aromatic carbocycles. The number of carbonyl (C=O) groups is 2. The Hall–Kier alpha value is -3.85. The number of nitrogens with one attached hydrogen (secondary N) is 1. The van der Waals surface area contributed by atoms with E-state index in [2.05, 4.69) is 5.32 Å². The topological polar surface area (TPSA) is 86.8 Å². The van der Waals surface area contributed by atoms with Crippen molar-refractivity contribution in [2.24, 2.45) is 0 Å². The van der Waals surface area contributed by atoms with Crippen molar-refractivity contribution in [3.8, 4) is 0 Å². The molecule has 0 bridgehead atoms. The zero-order valence-corrected chi connectivity index (χ0v) is 26.9. The quantitative estimate of drug-likeness (QED) is 0.173. The monoisotopic (exact) mass is 651 g/mol. The average Bonchev–Trinajstić information content (AvgIpc) is 3.03. The van der Waals surface area contributed by atoms with Gasteiger partial charge in [-0.1, -0.05) is 103 Å². The highest BCUT2D eigenvalue weighted by Gasteiger charge is 2.35. The van der Waals surface area contributed by atoms with Gasteiger partial charge in [-0.2, -0.15) is 0 Å². The molecule has 4 aromatic rings. The van der Waals surface area contributed by atoms with Gasteiger partial charge in [-0.05, 0) is 55.3 Å². The molecule has 0 aliphatic carbocycles. The van der Waals surface area contributed by atoms with Crippen LogP contribution < -0.4 is 9.62 Å². The molecule has 0 aliphatic rings. The molecule has 1 N–H and O–H groups in total. The minimum atomic E-state index is -4.17. The first kappa shape index (κ1) is 33.1. The van der Waals surface area contributed by atoms with Crippen molar-refractivity contribution in [1.29, 1.82) is 0 Å². The van der Waals surface area contributed by atoms with E-state index in [-0.39, 0.29) is 29.8 Å². The minimum Gasteiger partial charge on any atom is -0.352 e. The number of carbonyl (C=O) groups excluding carboxylic acids is 2. The van der Waals surface area contributed by atoms with Gasteiger partial charge in [-0.15, -0.1) is 0 Å². The zero-order valence-electron chi connectivity index (χ0n) is 24.6. The lowest BCUT2D eigenvalue weighted by Crippen LogP contribution is -2.54. The third-order valence-electron chi connectivity index (χ3n) is 7.32. The van der Waals surface area contributed by atoms with Gasteiger partial charge in [-0.3, -0.25) is 13.9 Å². The first-order valence-electron chi connectivity index (χ1n) is 14.3. The van der Waals surface area contributed by atoms with E-state index in [4.69, 9.17) is 23.2 Å². The van der Waals surface area contributed by atoms with Crippen molar-refractivity contribution < 1.29 is 18.0 Å². The zero-order chi connectivity index (χ0) is 31.7. The molecule has 0 aromatic heterocycles. The second-order valence-corrected chi connectivity index (χ2v) is 13.1. The number of rotatable bonds is 13. The highest BCUT2D eigenvalue weighted by molar-refractivity contribution is 7.92. The Morgan fingerprint density at radius 3 is 1.91 bits per heavy atom. The predicted octanol–water partition coefficient (Wildman–Crippen LogP) is 6.74. The Bertz CT molecular complexity index is 1640. The Kier molecular flexibility index (Phi) is 11.4. The highest BCUT2D eigenvalue weighted by Crippen LogP contribution is 2.29. The fraction of sp³-hybridized carbons (Fsp3) is 0.235. The smallest absolute Gasteiger partial charge is 0.264 e. The Labute approximate surface area is 269 Å². The Balaban J connectivity index is 1.82. The average molecular weight is 653 g/mol. The molecule has 2 atom stereocenters. The molecule has 0 saturated heterocycles. The lowest BCUT2D eigenvalue weighted by molar-refractivity contribution is -0.140. The molecule has 10 heteroatoms. The largest absolute Gasteiger partial charge is 0.352 e. The van der Waals surface area contributed by atoms with Crippen LogP contribution in [0, 0.1) is 0 Å². The van der Waals surface area contributed by atoms with Crippen molar-refractivity contribution in [2.45, 2.75) is 50.2 Å². The molecule has 230 valence electrons. The van der Waals surface area contributed by atoms with Crippen LogP contribution >= 0.6 is 23.2 Å². The minimum absolute atomic E-state index is 0.0349. The molecule has 7 nitrogen and oxygen atoms in total. The number of halogens is 2. The van der Waals surface area contributed by atoms with Crippen LogP contribution in [0.4, 0.5) is 5.69 Å². The molecule has 44 heavy (non-hydrogen) atoms. The van der Waals surface area contributed by atoms with Gasteiger partial charge in [0.15, 0.2) is 0 Å². The third kappa shape index (κ3) is 8.20. The molecule has 0 fully saturated rings. The Morgan fingerprint density at radius 2 is 1.34 bits per heavy atom. The summed E-state index contributed by atoms with van der Waals surface area (Å²) in [4.78, 5) is 29.8. The SMILES string of the molecule is CC[C@@H](C)NC(=O)[C@@H](Cc1ccccc1)N(Cc1c(Cl)cccc1Cl)C(=O)CN(c1ccccc1)S(=O)(=O)c1ccccc1. The fourth-order valence-corrected chi connectivity index (χ4v) is 6.64. The molecule has 0 radical (unpaired) electrons. The van der Waals surface area contributed by atoms with Crippen LogP contribution in [0.2, 0.25) is 10.0 Å². The summed E-state index contributed by atoms with van der Waals surface area (Å²) in [6.45, 7) is 3.16. The number of nitrogens with zero attached hydrogens (tertiary/aromatic N) is 2. The van der Waals surface area contributed by atoms with Crippen LogP contribution in [-0.4, -0.2) is 43.8 Å². The molecule has 0 spiro atoms. The summed E-state index contributed by atoms with van der Waals surface area (Å²) in [6, 6.07) is 29.6. The van der Waals surface area contributed by atoms with Crippen molar-refractivity contribution >= 4 is 50.7 Å². The first-order chi connectivity index (χ1) is 21.1. The van der Waals surface area contributed by atoms with E-state index in [0.717, 1.165) is 9.87 Å². The van der Waals surface area contributed by atoms with E-state index in [9.17, 15) is 18.0 Å². The maximum Gasteiger partial charge on any atom is 0.264 e. The van der Waals surface area contributed by atoms with Gasteiger partial charge in [0.25, 0.3) is 10.0 Å². The van der Waals surface area contributed by atoms with Crippen LogP contribution in [0.1, 0.15) is 31.4 Å². The summed E-state index contributed by atoms with van der Waals surface area (Å²) < 4.78 is 29.0. The molecular weight excluding hydrogens is 617 g/mol. The standard InChI is InChI=1S/C34H35Cl2N3O4S/c1-3-25(2)37-34(41)32(22-26-14-7-4-8-15-26)38(23-29-30(35)20-13-21-31(29)36)33(40)24-39(27-16-9-5-10-17-27)44(42,43)28-18-11-6-12-19-28/h4-21,25,32H,3,22-24H2,1-2H3,(H,37,41)/t25-,32-/m1/s1. The predicted molar refractivity (Wildman–Crippen MR) is 176 cm³/mol. The number of sulfonamides is 1. The maximum atomic E-state index is 14.5. The highest BCUT2D eigenvalue weighted by atomic mass is 35.5. The first-order valence-corrected chi connectivity index (χ1v) is 16.5. The van der Waals surface area contributed by atoms with Crippen LogP contribution in [0.5, 0.6) is 0 Å². The van der Waals surface area contributed by atoms with Gasteiger partial charge in [0.2, 0.25) is 11.8 Å². The van der Waals surface area contributed by atoms with Crippen LogP contribution in [0.3, 0.4) is 0 Å². The molecule has 0 heterocycles. The normalized spacial score (nSPS) is 12.6. The van der Waals surface area contributed by atoms with Gasteiger partial charge >= 0.3 is 0 Å². The molecule has 0 aliphatic heterocycles. The van der Waals surface area contributed by atoms with Crippen molar-refractivity contribution in [2.75, 3.05) is 10.8 Å². The van der Waals surface area contributed by atoms with E-state index in [1.54, 1.807) is 66.7 Å². The molecule has 2 amide bonds. The number of hydrogen-bond acceptors (Lipinski definition) is 4. The summed E-state index contributed by atoms with van der Waals surface area (Å²) in [7, 11) is -4.17. The van der Waals surface area contributed by atoms with Crippen LogP contribution in [-0.2, 0) is 32.6 Å². The summed E-state index contributed by atoms with van der Waals surface area (Å²) >= 11 is 13.1. The van der Waals surface area contributed by atoms with E-state index in [1.807, 2.05) is 44.2 Å².